The van der Waals surface area contributed by atoms with Gasteiger partial charge in [0.1, 0.15) is 0 Å². The molecule has 0 fully saturated rings. The van der Waals surface area contributed by atoms with Crippen LogP contribution in [0.4, 0.5) is 4.11 Å². The second-order valence-corrected chi connectivity index (χ2v) is 10.8. The lowest BCUT2D eigenvalue weighted by Crippen LogP contribution is -2.47. The van der Waals surface area contributed by atoms with Crippen molar-refractivity contribution in [1.82, 2.24) is 5.32 Å². The van der Waals surface area contributed by atoms with Gasteiger partial charge in [-0.05, 0) is 10.1 Å². The first-order valence-corrected chi connectivity index (χ1v) is 7.77. The van der Waals surface area contributed by atoms with E-state index in [1.54, 1.807) is 0 Å². The lowest BCUT2D eigenvalue weighted by molar-refractivity contribution is 0.537. The molecule has 0 aromatic heterocycles. The van der Waals surface area contributed by atoms with Gasteiger partial charge in [-0.1, -0.05) is 58.9 Å². The fourth-order valence-corrected chi connectivity index (χ4v) is 5.20. The van der Waals surface area contributed by atoms with Gasteiger partial charge in [0.15, 0.2) is 0 Å². The fourth-order valence-electron chi connectivity index (χ4n) is 1.86. The molecule has 0 saturated heterocycles. The van der Waals surface area contributed by atoms with Crippen molar-refractivity contribution in [3.05, 3.63) is 0 Å². The minimum atomic E-state index is -3.17. The third-order valence-corrected chi connectivity index (χ3v) is 7.42. The number of hydrogen-bond donors (Lipinski definition) is 1. The Morgan fingerprint density at radius 2 is 1.53 bits per heavy atom. The first-order valence-electron chi connectivity index (χ1n) is 5.89. The Morgan fingerprint density at radius 1 is 1.06 bits per heavy atom. The van der Waals surface area contributed by atoms with E-state index in [9.17, 15) is 0 Å². The van der Waals surface area contributed by atoms with E-state index in [1.807, 2.05) is 41.5 Å². The van der Waals surface area contributed by atoms with Crippen molar-refractivity contribution >= 4 is 8.41 Å². The van der Waals surface area contributed by atoms with Crippen LogP contribution in [-0.2, 0) is 0 Å². The Hall–Kier alpha value is -0.773. The number of hydrogen-bond acceptors (Lipinski definition) is 1. The molecule has 0 radical (unpaired) electrons. The van der Waals surface area contributed by atoms with Gasteiger partial charge in [-0.2, -0.15) is 0 Å². The second kappa shape index (κ2) is 5.71. The summed E-state index contributed by atoms with van der Waals surface area (Å²) in [5.74, 6) is 5.37. The summed E-state index contributed by atoms with van der Waals surface area (Å²) in [5.41, 5.74) is 2.93. The number of terminal acetylenes is 1. The summed E-state index contributed by atoms with van der Waals surface area (Å²) in [6, 6.07) is 0. The number of halogens is 1. The van der Waals surface area contributed by atoms with Crippen LogP contribution in [0, 0.1) is 23.8 Å². The van der Waals surface area contributed by atoms with Gasteiger partial charge < -0.3 is 0 Å². The highest BCUT2D eigenvalue weighted by Gasteiger charge is 2.54. The first kappa shape index (κ1) is 16.2. The molecule has 1 nitrogen and oxygen atoms in total. The summed E-state index contributed by atoms with van der Waals surface area (Å²) in [4.78, 5) is 0. The standard InChI is InChI=1S/C14H24FNSi/c1-8-10-16-11-9-12-17(15,13(2,3)4)14(5,6)7/h1,16H,10-11H2,2-7H3. The third-order valence-electron chi connectivity index (χ3n) is 2.77. The van der Waals surface area contributed by atoms with Crippen LogP contribution >= 0.6 is 0 Å². The third kappa shape index (κ3) is 4.19. The molecule has 0 spiro atoms. The van der Waals surface area contributed by atoms with Crippen molar-refractivity contribution in [2.45, 2.75) is 51.6 Å². The average molecular weight is 253 g/mol. The minimum Gasteiger partial charge on any atom is -0.296 e. The maximum Gasteiger partial charge on any atom is 0.333 e. The summed E-state index contributed by atoms with van der Waals surface area (Å²) in [7, 11) is -3.17. The largest absolute Gasteiger partial charge is 0.333 e. The van der Waals surface area contributed by atoms with E-state index < -0.39 is 8.41 Å². The van der Waals surface area contributed by atoms with Gasteiger partial charge in [-0.3, -0.25) is 9.42 Å². The maximum absolute atomic E-state index is 15.2. The molecule has 0 saturated carbocycles. The van der Waals surface area contributed by atoms with Gasteiger partial charge >= 0.3 is 8.41 Å². The normalized spacial score (nSPS) is 12.6. The lowest BCUT2D eigenvalue weighted by Gasteiger charge is -2.40. The lowest BCUT2D eigenvalue weighted by atomic mass is 10.2. The molecule has 0 aliphatic heterocycles. The van der Waals surface area contributed by atoms with Gasteiger partial charge in [0.25, 0.3) is 0 Å². The Labute approximate surface area is 107 Å². The van der Waals surface area contributed by atoms with E-state index >= 15 is 4.11 Å². The summed E-state index contributed by atoms with van der Waals surface area (Å²) in [6.07, 6.45) is 5.11. The van der Waals surface area contributed by atoms with Crippen molar-refractivity contribution in [3.8, 4) is 23.8 Å². The zero-order valence-corrected chi connectivity index (χ0v) is 12.9. The molecule has 0 rings (SSSR count). The van der Waals surface area contributed by atoms with Gasteiger partial charge in [0.05, 0.1) is 13.1 Å². The predicted octanol–water partition coefficient (Wildman–Crippen LogP) is 3.27. The van der Waals surface area contributed by atoms with Crippen LogP contribution in [0.3, 0.4) is 0 Å². The molecular weight excluding hydrogens is 229 g/mol. The molecule has 0 aliphatic carbocycles. The second-order valence-electron chi connectivity index (χ2n) is 6.27. The molecule has 0 aromatic rings. The summed E-state index contributed by atoms with van der Waals surface area (Å²) in [6.45, 7) is 12.6. The molecule has 96 valence electrons. The van der Waals surface area contributed by atoms with Crippen molar-refractivity contribution in [3.63, 3.8) is 0 Å². The monoisotopic (exact) mass is 253 g/mol. The van der Waals surface area contributed by atoms with E-state index in [4.69, 9.17) is 6.42 Å². The SMILES string of the molecule is C#CCNCC#C[Si](F)(C(C)(C)C)C(C)(C)C. The summed E-state index contributed by atoms with van der Waals surface area (Å²) >= 11 is 0. The van der Waals surface area contributed by atoms with Crippen molar-refractivity contribution in [1.29, 1.82) is 0 Å². The van der Waals surface area contributed by atoms with Gasteiger partial charge in [0, 0.05) is 0 Å². The van der Waals surface area contributed by atoms with Crippen LogP contribution in [0.1, 0.15) is 41.5 Å². The maximum atomic E-state index is 15.2. The Bertz CT molecular complexity index is 330. The van der Waals surface area contributed by atoms with E-state index in [2.05, 4.69) is 22.7 Å². The van der Waals surface area contributed by atoms with Gasteiger partial charge in [-0.25, -0.2) is 0 Å². The fraction of sp³-hybridized carbons (Fsp3) is 0.714. The molecule has 0 bridgehead atoms. The first-order chi connectivity index (χ1) is 7.56. The van der Waals surface area contributed by atoms with Crippen molar-refractivity contribution in [2.75, 3.05) is 13.1 Å². The predicted molar refractivity (Wildman–Crippen MR) is 75.8 cm³/mol. The topological polar surface area (TPSA) is 12.0 Å². The quantitative estimate of drug-likeness (QED) is 0.345. The van der Waals surface area contributed by atoms with Crippen molar-refractivity contribution < 1.29 is 4.11 Å². The van der Waals surface area contributed by atoms with Gasteiger partial charge in [-0.15, -0.1) is 6.42 Å². The Morgan fingerprint density at radius 3 is 1.88 bits per heavy atom. The molecule has 1 N–H and O–H groups in total. The van der Waals surface area contributed by atoms with Crippen LogP contribution < -0.4 is 5.32 Å². The van der Waals surface area contributed by atoms with Crippen LogP contribution in [0.2, 0.25) is 10.1 Å². The molecule has 0 aromatic carbocycles. The van der Waals surface area contributed by atoms with Crippen LogP contribution in [0.15, 0.2) is 0 Å². The van der Waals surface area contributed by atoms with E-state index in [0.29, 0.717) is 13.1 Å². The summed E-state index contributed by atoms with van der Waals surface area (Å²) < 4.78 is 15.2. The van der Waals surface area contributed by atoms with E-state index in [0.717, 1.165) is 0 Å². The molecule has 0 aliphatic rings. The average Bonchev–Trinajstić information content (AvgIpc) is 2.13. The molecule has 17 heavy (non-hydrogen) atoms. The molecular formula is C14H24FNSi. The molecule has 3 heteroatoms. The highest BCUT2D eigenvalue weighted by Crippen LogP contribution is 2.51. The Balaban J connectivity index is 4.94. The zero-order valence-electron chi connectivity index (χ0n) is 11.9. The van der Waals surface area contributed by atoms with E-state index in [-0.39, 0.29) is 10.1 Å². The Kier molecular flexibility index (Phi) is 5.45. The minimum absolute atomic E-state index is 0.385. The number of rotatable bonds is 2. The highest BCUT2D eigenvalue weighted by molar-refractivity contribution is 6.86. The summed E-state index contributed by atoms with van der Waals surface area (Å²) in [5, 5.41) is 2.19. The van der Waals surface area contributed by atoms with Gasteiger partial charge in [0.2, 0.25) is 0 Å². The van der Waals surface area contributed by atoms with Crippen LogP contribution in [-0.4, -0.2) is 21.5 Å². The molecule has 0 atom stereocenters. The zero-order chi connectivity index (χ0) is 13.7. The smallest absolute Gasteiger partial charge is 0.296 e. The highest BCUT2D eigenvalue weighted by atomic mass is 28.4. The molecule has 0 heterocycles. The van der Waals surface area contributed by atoms with Crippen LogP contribution in [0.25, 0.3) is 0 Å². The molecule has 0 amide bonds. The van der Waals surface area contributed by atoms with Crippen LogP contribution in [0.5, 0.6) is 0 Å². The molecule has 0 unspecified atom stereocenters. The number of nitrogens with one attached hydrogen (secondary N) is 1. The van der Waals surface area contributed by atoms with Crippen molar-refractivity contribution in [2.24, 2.45) is 0 Å². The van der Waals surface area contributed by atoms with E-state index in [1.165, 1.54) is 0 Å².